The maximum atomic E-state index is 11.3. The highest BCUT2D eigenvalue weighted by Gasteiger charge is 2.25. The number of ether oxygens (including phenoxy) is 3. The molecule has 0 aliphatic rings. The number of aromatic nitrogens is 4. The number of nitrogens with zero attached hydrogens (tertiary/aromatic N) is 5. The predicted octanol–water partition coefficient (Wildman–Crippen LogP) is 4.53. The molecule has 38 heavy (non-hydrogen) atoms. The van der Waals surface area contributed by atoms with Crippen LogP contribution < -0.4 is 15.8 Å². The van der Waals surface area contributed by atoms with Crippen molar-refractivity contribution in [3.8, 4) is 17.0 Å². The number of anilines is 3. The van der Waals surface area contributed by atoms with Crippen molar-refractivity contribution in [2.75, 3.05) is 32.4 Å². The van der Waals surface area contributed by atoms with Crippen LogP contribution in [0.3, 0.4) is 0 Å². The standard InChI is InChI=1S/C26H31N7O5/c1-16-6-9-19(33(34)35)12-22(16)29-24-13-23(30-32(24)17(2)26(37-4)38-5)21-14-28-31(25(21)27)15-18-7-10-20(36-3)11-8-18/h6-14,17,26,29H,15,27H2,1-5H3. The Morgan fingerprint density at radius 2 is 1.82 bits per heavy atom. The van der Waals surface area contributed by atoms with Gasteiger partial charge in [-0.3, -0.25) is 10.1 Å². The number of hydrogen-bond donors (Lipinski definition) is 2. The lowest BCUT2D eigenvalue weighted by Crippen LogP contribution is -2.27. The van der Waals surface area contributed by atoms with E-state index in [1.807, 2.05) is 44.2 Å². The third-order valence-electron chi connectivity index (χ3n) is 6.32. The topological polar surface area (TPSA) is 145 Å². The molecule has 2 aromatic carbocycles. The summed E-state index contributed by atoms with van der Waals surface area (Å²) < 4.78 is 19.6. The largest absolute Gasteiger partial charge is 0.497 e. The fraction of sp³-hybridized carbons (Fsp3) is 0.308. The van der Waals surface area contributed by atoms with Crippen molar-refractivity contribution >= 4 is 23.0 Å². The molecule has 2 aromatic heterocycles. The fourth-order valence-electron chi connectivity index (χ4n) is 4.15. The summed E-state index contributed by atoms with van der Waals surface area (Å²) in [6.45, 7) is 4.24. The van der Waals surface area contributed by atoms with E-state index in [2.05, 4.69) is 10.4 Å². The van der Waals surface area contributed by atoms with Gasteiger partial charge in [-0.05, 0) is 37.1 Å². The van der Waals surface area contributed by atoms with Crippen LogP contribution in [0, 0.1) is 17.0 Å². The highest BCUT2D eigenvalue weighted by molar-refractivity contribution is 5.74. The van der Waals surface area contributed by atoms with Gasteiger partial charge in [-0.25, -0.2) is 9.36 Å². The minimum absolute atomic E-state index is 0.0202. The van der Waals surface area contributed by atoms with Crippen LogP contribution in [0.5, 0.6) is 5.75 Å². The second-order valence-corrected chi connectivity index (χ2v) is 8.77. The van der Waals surface area contributed by atoms with Crippen LogP contribution in [-0.2, 0) is 16.0 Å². The Labute approximate surface area is 220 Å². The second kappa shape index (κ2) is 11.3. The Balaban J connectivity index is 1.71. The quantitative estimate of drug-likeness (QED) is 0.165. The van der Waals surface area contributed by atoms with Crippen LogP contribution in [0.25, 0.3) is 11.3 Å². The molecular formula is C26H31N7O5. The van der Waals surface area contributed by atoms with E-state index in [9.17, 15) is 10.1 Å². The number of nitrogen functional groups attached to an aromatic ring is 1. The minimum atomic E-state index is -0.593. The summed E-state index contributed by atoms with van der Waals surface area (Å²) in [4.78, 5) is 10.9. The molecule has 4 rings (SSSR count). The number of nitrogens with one attached hydrogen (secondary N) is 1. The summed E-state index contributed by atoms with van der Waals surface area (Å²) in [5.74, 6) is 1.80. The molecule has 0 fully saturated rings. The molecule has 4 aromatic rings. The monoisotopic (exact) mass is 521 g/mol. The summed E-state index contributed by atoms with van der Waals surface area (Å²) in [5.41, 5.74) is 10.1. The van der Waals surface area contributed by atoms with Gasteiger partial charge in [-0.2, -0.15) is 10.2 Å². The summed E-state index contributed by atoms with van der Waals surface area (Å²) in [7, 11) is 4.72. The highest BCUT2D eigenvalue weighted by atomic mass is 16.7. The first-order chi connectivity index (χ1) is 18.2. The molecule has 0 saturated carbocycles. The van der Waals surface area contributed by atoms with Crippen LogP contribution in [0.1, 0.15) is 24.1 Å². The van der Waals surface area contributed by atoms with Gasteiger partial charge >= 0.3 is 0 Å². The molecule has 12 nitrogen and oxygen atoms in total. The minimum Gasteiger partial charge on any atom is -0.497 e. The molecule has 0 amide bonds. The van der Waals surface area contributed by atoms with Crippen molar-refractivity contribution in [3.05, 3.63) is 76.0 Å². The fourth-order valence-corrected chi connectivity index (χ4v) is 4.15. The lowest BCUT2D eigenvalue weighted by Gasteiger charge is -2.23. The molecule has 0 spiro atoms. The smallest absolute Gasteiger partial charge is 0.271 e. The molecule has 0 saturated heterocycles. The van der Waals surface area contributed by atoms with E-state index in [0.717, 1.165) is 16.9 Å². The van der Waals surface area contributed by atoms with Crippen molar-refractivity contribution in [1.82, 2.24) is 19.6 Å². The Hall–Kier alpha value is -4.42. The van der Waals surface area contributed by atoms with Gasteiger partial charge in [0, 0.05) is 38.1 Å². The van der Waals surface area contributed by atoms with Gasteiger partial charge in [0.15, 0.2) is 6.29 Å². The average molecular weight is 522 g/mol. The number of nitrogens with two attached hydrogens (primary N) is 1. The first-order valence-electron chi connectivity index (χ1n) is 11.9. The van der Waals surface area contributed by atoms with Crippen LogP contribution in [-0.4, -0.2) is 52.1 Å². The summed E-state index contributed by atoms with van der Waals surface area (Å²) >= 11 is 0. The SMILES string of the molecule is COc1ccc(Cn2ncc(-c3cc(Nc4cc([N+](=O)[O-])ccc4C)n(C(C)C(OC)OC)n3)c2N)cc1. The van der Waals surface area contributed by atoms with Gasteiger partial charge in [0.2, 0.25) is 0 Å². The van der Waals surface area contributed by atoms with E-state index in [4.69, 9.17) is 25.0 Å². The lowest BCUT2D eigenvalue weighted by molar-refractivity contribution is -0.384. The molecule has 0 bridgehead atoms. The van der Waals surface area contributed by atoms with Gasteiger partial charge in [-0.1, -0.05) is 18.2 Å². The van der Waals surface area contributed by atoms with Gasteiger partial charge < -0.3 is 25.3 Å². The average Bonchev–Trinajstić information content (AvgIpc) is 3.49. The Morgan fingerprint density at radius 1 is 1.11 bits per heavy atom. The molecule has 12 heteroatoms. The van der Waals surface area contributed by atoms with E-state index in [1.165, 1.54) is 12.1 Å². The Morgan fingerprint density at radius 3 is 2.45 bits per heavy atom. The van der Waals surface area contributed by atoms with Crippen molar-refractivity contribution in [3.63, 3.8) is 0 Å². The zero-order valence-corrected chi connectivity index (χ0v) is 21.9. The number of methoxy groups -OCH3 is 3. The van der Waals surface area contributed by atoms with Crippen molar-refractivity contribution < 1.29 is 19.1 Å². The maximum Gasteiger partial charge on any atom is 0.271 e. The highest BCUT2D eigenvalue weighted by Crippen LogP contribution is 2.33. The molecule has 3 N–H and O–H groups in total. The molecule has 0 aliphatic heterocycles. The molecule has 1 atom stereocenters. The third kappa shape index (κ3) is 5.45. The zero-order valence-electron chi connectivity index (χ0n) is 21.9. The molecule has 0 aliphatic carbocycles. The van der Waals surface area contributed by atoms with Crippen molar-refractivity contribution in [2.24, 2.45) is 0 Å². The van der Waals surface area contributed by atoms with Crippen LogP contribution in [0.15, 0.2) is 54.7 Å². The van der Waals surface area contributed by atoms with Crippen LogP contribution in [0.2, 0.25) is 0 Å². The first kappa shape index (κ1) is 26.6. The number of aryl methyl sites for hydroxylation is 1. The van der Waals surface area contributed by atoms with Crippen LogP contribution >= 0.6 is 0 Å². The number of hydrogen-bond acceptors (Lipinski definition) is 9. The molecule has 0 radical (unpaired) electrons. The number of benzene rings is 2. The summed E-state index contributed by atoms with van der Waals surface area (Å²) in [6.07, 6.45) is 1.08. The van der Waals surface area contributed by atoms with E-state index >= 15 is 0 Å². The van der Waals surface area contributed by atoms with E-state index in [1.54, 1.807) is 43.0 Å². The Bertz CT molecular complexity index is 1410. The lowest BCUT2D eigenvalue weighted by atomic mass is 10.1. The molecular weight excluding hydrogens is 490 g/mol. The Kier molecular flexibility index (Phi) is 7.93. The zero-order chi connectivity index (χ0) is 27.4. The van der Waals surface area contributed by atoms with Crippen molar-refractivity contribution in [2.45, 2.75) is 32.7 Å². The first-order valence-corrected chi connectivity index (χ1v) is 11.9. The number of non-ortho nitro benzene ring substituents is 1. The molecule has 200 valence electrons. The maximum absolute atomic E-state index is 11.3. The third-order valence-corrected chi connectivity index (χ3v) is 6.32. The van der Waals surface area contributed by atoms with Gasteiger partial charge in [0.1, 0.15) is 23.4 Å². The van der Waals surface area contributed by atoms with Gasteiger partial charge in [0.05, 0.1) is 36.0 Å². The molecule has 1 unspecified atom stereocenters. The van der Waals surface area contributed by atoms with Gasteiger partial charge in [0.25, 0.3) is 5.69 Å². The van der Waals surface area contributed by atoms with Crippen molar-refractivity contribution in [1.29, 1.82) is 0 Å². The van der Waals surface area contributed by atoms with E-state index in [0.29, 0.717) is 35.1 Å². The number of rotatable bonds is 11. The summed E-state index contributed by atoms with van der Waals surface area (Å²) in [6, 6.07) is 13.8. The normalized spacial score (nSPS) is 12.1. The van der Waals surface area contributed by atoms with E-state index in [-0.39, 0.29) is 11.7 Å². The second-order valence-electron chi connectivity index (χ2n) is 8.77. The number of nitro benzene ring substituents is 1. The number of nitro groups is 1. The van der Waals surface area contributed by atoms with Gasteiger partial charge in [-0.15, -0.1) is 0 Å². The van der Waals surface area contributed by atoms with E-state index < -0.39 is 11.2 Å². The predicted molar refractivity (Wildman–Crippen MR) is 144 cm³/mol. The summed E-state index contributed by atoms with van der Waals surface area (Å²) in [5, 5.41) is 23.9. The van der Waals surface area contributed by atoms with Crippen LogP contribution in [0.4, 0.5) is 23.0 Å². The molecule has 2 heterocycles.